The van der Waals surface area contributed by atoms with Crippen LogP contribution in [0.25, 0.3) is 44.5 Å². The second kappa shape index (κ2) is 11.4. The minimum atomic E-state index is -3.39. The van der Waals surface area contributed by atoms with Gasteiger partial charge in [-0.1, -0.05) is 0 Å². The molecule has 1 nitrogen and oxygen atoms in total. The van der Waals surface area contributed by atoms with E-state index in [2.05, 4.69) is 217 Å². The summed E-state index contributed by atoms with van der Waals surface area (Å²) < 4.78 is 6.16. The number of rotatable bonds is 3. The van der Waals surface area contributed by atoms with Crippen molar-refractivity contribution in [1.29, 1.82) is 0 Å². The summed E-state index contributed by atoms with van der Waals surface area (Å²) in [6.45, 7) is 0. The maximum absolute atomic E-state index is 3.39. The maximum atomic E-state index is 2.58. The molecule has 0 saturated carbocycles. The molecule has 0 saturated heterocycles. The normalized spacial score (nSPS) is 14.6. The fourth-order valence-electron chi connectivity index (χ4n) is 11.5. The molecule has 2 aliphatic carbocycles. The Kier molecular flexibility index (Phi) is 6.33. The van der Waals surface area contributed by atoms with Crippen LogP contribution in [-0.2, 0) is 5.41 Å². The summed E-state index contributed by atoms with van der Waals surface area (Å²) in [5.41, 5.74) is 19.4. The predicted molar refractivity (Wildman–Crippen MR) is 239 cm³/mol. The van der Waals surface area contributed by atoms with Crippen molar-refractivity contribution in [2.24, 2.45) is 0 Å². The van der Waals surface area contributed by atoms with Gasteiger partial charge in [-0.05, 0) is 0 Å². The van der Waals surface area contributed by atoms with Gasteiger partial charge >= 0.3 is 337 Å². The van der Waals surface area contributed by atoms with Crippen molar-refractivity contribution in [3.8, 4) is 44.5 Å². The van der Waals surface area contributed by atoms with E-state index in [-0.39, 0.29) is 0 Å². The van der Waals surface area contributed by atoms with Gasteiger partial charge in [0.15, 0.2) is 0 Å². The molecule has 2 heterocycles. The van der Waals surface area contributed by atoms with E-state index in [4.69, 9.17) is 0 Å². The van der Waals surface area contributed by atoms with Crippen LogP contribution in [0.5, 0.6) is 0 Å². The molecule has 2 aliphatic heterocycles. The van der Waals surface area contributed by atoms with Gasteiger partial charge in [-0.3, -0.25) is 0 Å². The third kappa shape index (κ3) is 3.85. The van der Waals surface area contributed by atoms with Gasteiger partial charge in [-0.25, -0.2) is 0 Å². The Balaban J connectivity index is 1.08. The van der Waals surface area contributed by atoms with Gasteiger partial charge in [-0.2, -0.15) is 0 Å². The minimum absolute atomic E-state index is 0.409. The first-order valence-electron chi connectivity index (χ1n) is 20.0. The molecule has 13 rings (SSSR count). The van der Waals surface area contributed by atoms with Gasteiger partial charge in [0, 0.05) is 0 Å². The van der Waals surface area contributed by atoms with E-state index in [9.17, 15) is 0 Å². The molecule has 0 bridgehead atoms. The second-order valence-corrected chi connectivity index (χ2v) is 23.6. The van der Waals surface area contributed by atoms with Crippen molar-refractivity contribution in [2.45, 2.75) is 5.41 Å². The molecule has 0 amide bonds. The molecule has 0 unspecified atom stereocenters. The van der Waals surface area contributed by atoms with E-state index in [1.165, 1.54) is 82.5 Å². The van der Waals surface area contributed by atoms with E-state index in [0.29, 0.717) is 0 Å². The van der Waals surface area contributed by atoms with Crippen molar-refractivity contribution in [3.05, 3.63) is 235 Å². The zero-order chi connectivity index (χ0) is 37.3. The first-order chi connectivity index (χ1) is 28.3. The molecule has 9 aromatic rings. The number of anilines is 3. The van der Waals surface area contributed by atoms with Crippen LogP contribution in [0.2, 0.25) is 0 Å². The number of nitrogens with zero attached hydrogens (tertiary/aromatic N) is 1. The fourth-order valence-corrected chi connectivity index (χ4v) is 23.3. The number of para-hydroxylation sites is 1. The van der Waals surface area contributed by atoms with Crippen LogP contribution in [0.1, 0.15) is 22.3 Å². The van der Waals surface area contributed by atoms with Gasteiger partial charge in [0.2, 0.25) is 0 Å². The first kappa shape index (κ1) is 31.5. The molecule has 0 radical (unpaired) electrons. The van der Waals surface area contributed by atoms with Crippen LogP contribution in [0.4, 0.5) is 17.1 Å². The summed E-state index contributed by atoms with van der Waals surface area (Å²) in [6, 6.07) is 80.7. The molecule has 0 N–H and O–H groups in total. The molecule has 57 heavy (non-hydrogen) atoms. The second-order valence-electron chi connectivity index (χ2n) is 15.9. The van der Waals surface area contributed by atoms with Crippen molar-refractivity contribution in [1.82, 2.24) is 0 Å². The van der Waals surface area contributed by atoms with E-state index in [1.807, 2.05) is 0 Å². The molecular formula is C55H35GeN. The van der Waals surface area contributed by atoms with Gasteiger partial charge < -0.3 is 0 Å². The molecule has 264 valence electrons. The quantitative estimate of drug-likeness (QED) is 0.161. The topological polar surface area (TPSA) is 3.24 Å². The van der Waals surface area contributed by atoms with E-state index in [1.54, 1.807) is 13.2 Å². The Labute approximate surface area is 335 Å². The Morgan fingerprint density at radius 3 is 1.14 bits per heavy atom. The van der Waals surface area contributed by atoms with Crippen molar-refractivity contribution in [2.75, 3.05) is 4.90 Å². The van der Waals surface area contributed by atoms with Crippen molar-refractivity contribution >= 4 is 47.9 Å². The molecule has 0 atom stereocenters. The van der Waals surface area contributed by atoms with Gasteiger partial charge in [0.05, 0.1) is 0 Å². The van der Waals surface area contributed by atoms with Crippen LogP contribution in [-0.4, -0.2) is 13.3 Å². The summed E-state index contributed by atoms with van der Waals surface area (Å²) in [5.74, 6) is 0. The van der Waals surface area contributed by atoms with Crippen LogP contribution < -0.4 is 22.5 Å². The molecule has 0 fully saturated rings. The van der Waals surface area contributed by atoms with E-state index in [0.717, 1.165) is 5.69 Å². The number of fused-ring (bicyclic) bond motifs is 20. The van der Waals surface area contributed by atoms with Crippen LogP contribution in [0, 0.1) is 0 Å². The monoisotopic (exact) mass is 783 g/mol. The standard InChI is InChI=1S/C55H35GeN/c1-2-16-36(17-3-1)57(37-30-32-42-41-20-6-12-26-49(41)55(50(42)34-37)47-24-10-4-18-39(47)40-19-5-11-25-48(40)55)38-31-33-46-45-23-9-15-29-53(45)56(54(46)35-38)51-27-13-7-21-43(51)44-22-8-14-28-52(44)56/h1-35H. The zero-order valence-electron chi connectivity index (χ0n) is 31.2. The van der Waals surface area contributed by atoms with Gasteiger partial charge in [0.1, 0.15) is 0 Å². The van der Waals surface area contributed by atoms with Crippen LogP contribution in [0.3, 0.4) is 0 Å². The third-order valence-electron chi connectivity index (χ3n) is 13.5. The van der Waals surface area contributed by atoms with E-state index < -0.39 is 18.7 Å². The first-order valence-corrected chi connectivity index (χ1v) is 24.2. The van der Waals surface area contributed by atoms with Crippen molar-refractivity contribution in [3.63, 3.8) is 0 Å². The van der Waals surface area contributed by atoms with Crippen LogP contribution in [0.15, 0.2) is 212 Å². The third-order valence-corrected chi connectivity index (χ3v) is 23.9. The summed E-state index contributed by atoms with van der Waals surface area (Å²) in [5, 5.41) is 0. The Bertz CT molecular complexity index is 2840. The summed E-state index contributed by atoms with van der Waals surface area (Å²) in [7, 11) is 0. The van der Waals surface area contributed by atoms with E-state index >= 15 is 0 Å². The van der Waals surface area contributed by atoms with Gasteiger partial charge in [-0.15, -0.1) is 0 Å². The predicted octanol–water partition coefficient (Wildman–Crippen LogP) is 10.8. The summed E-state index contributed by atoms with van der Waals surface area (Å²) in [4.78, 5) is 2.51. The summed E-state index contributed by atoms with van der Waals surface area (Å²) >= 11 is -3.39. The zero-order valence-corrected chi connectivity index (χ0v) is 33.3. The van der Waals surface area contributed by atoms with Gasteiger partial charge in [0.25, 0.3) is 0 Å². The molecule has 2 spiro atoms. The number of benzene rings is 9. The Morgan fingerprint density at radius 2 is 0.632 bits per heavy atom. The molecule has 0 aromatic heterocycles. The SMILES string of the molecule is c1ccc(N(c2ccc3c(c2)C2(c4ccccc4-c4ccccc42)c2ccccc2-3)c2ccc3[c](c2)[Ge]2([c]4ccccc4-c4cccc[c]42)[c]2ccccc2-3)cc1. The number of hydrogen-bond donors (Lipinski definition) is 0. The van der Waals surface area contributed by atoms with Crippen molar-refractivity contribution < 1.29 is 0 Å². The average molecular weight is 783 g/mol. The Hall–Kier alpha value is -6.68. The molecule has 9 aromatic carbocycles. The summed E-state index contributed by atoms with van der Waals surface area (Å²) in [6.07, 6.45) is 0. The Morgan fingerprint density at radius 1 is 0.263 bits per heavy atom. The fraction of sp³-hybridized carbons (Fsp3) is 0.0182. The number of hydrogen-bond acceptors (Lipinski definition) is 1. The van der Waals surface area contributed by atoms with Crippen LogP contribution >= 0.6 is 0 Å². The average Bonchev–Trinajstić information content (AvgIpc) is 3.96. The molecule has 4 aliphatic rings. The molecule has 2 heteroatoms. The molecular weight excluding hydrogens is 747 g/mol.